The minimum absolute atomic E-state index is 0.161. The van der Waals surface area contributed by atoms with Gasteiger partial charge >= 0.3 is 5.97 Å². The maximum Gasteiger partial charge on any atom is 0.339 e. The first kappa shape index (κ1) is 26.2. The predicted octanol–water partition coefficient (Wildman–Crippen LogP) is 3.12. The van der Waals surface area contributed by atoms with Crippen molar-refractivity contribution >= 4 is 29.3 Å². The van der Waals surface area contributed by atoms with Crippen LogP contribution in [0.5, 0.6) is 0 Å². The van der Waals surface area contributed by atoms with E-state index in [-0.39, 0.29) is 60.2 Å². The van der Waals surface area contributed by atoms with Crippen LogP contribution in [0.15, 0.2) is 18.2 Å². The molecule has 35 heavy (non-hydrogen) atoms. The molecule has 188 valence electrons. The number of nitrogens with zero attached hydrogens (tertiary/aromatic N) is 1. The molecule has 0 spiro atoms. The third-order valence-corrected chi connectivity index (χ3v) is 6.41. The van der Waals surface area contributed by atoms with Crippen LogP contribution < -0.4 is 5.32 Å². The fourth-order valence-electron chi connectivity index (χ4n) is 4.32. The van der Waals surface area contributed by atoms with Crippen molar-refractivity contribution < 1.29 is 28.7 Å². The quantitative estimate of drug-likeness (QED) is 0.418. The Balaban J connectivity index is 1.83. The van der Waals surface area contributed by atoms with E-state index in [9.17, 15) is 19.2 Å². The number of H-pyrrole nitrogens is 1. The van der Waals surface area contributed by atoms with Gasteiger partial charge in [-0.1, -0.05) is 12.1 Å². The van der Waals surface area contributed by atoms with Crippen LogP contribution in [0.4, 0.5) is 5.69 Å². The molecule has 2 N–H and O–H groups in total. The number of benzene rings is 1. The number of nitrogens with one attached hydrogen (secondary N) is 2. The predicted molar refractivity (Wildman–Crippen MR) is 131 cm³/mol. The minimum atomic E-state index is -0.632. The first-order valence-corrected chi connectivity index (χ1v) is 11.7. The van der Waals surface area contributed by atoms with Crippen LogP contribution in [-0.4, -0.2) is 66.4 Å². The summed E-state index contributed by atoms with van der Waals surface area (Å²) in [6.07, 6.45) is 1.34. The number of carbonyl (C=O) groups is 4. The van der Waals surface area contributed by atoms with Gasteiger partial charge in [0.1, 0.15) is 0 Å². The van der Waals surface area contributed by atoms with E-state index in [0.29, 0.717) is 17.9 Å². The summed E-state index contributed by atoms with van der Waals surface area (Å²) in [4.78, 5) is 55.1. The number of Topliss-reactive ketones (excluding diaryl/α,β-unsaturated/α-hetero) is 1. The van der Waals surface area contributed by atoms with Crippen LogP contribution in [0.25, 0.3) is 0 Å². The molecule has 0 radical (unpaired) electrons. The van der Waals surface area contributed by atoms with Crippen LogP contribution in [0.3, 0.4) is 0 Å². The van der Waals surface area contributed by atoms with Crippen molar-refractivity contribution in [3.05, 3.63) is 51.8 Å². The highest BCUT2D eigenvalue weighted by Gasteiger charge is 2.29. The number of methoxy groups -OCH3 is 1. The van der Waals surface area contributed by atoms with E-state index >= 15 is 0 Å². The number of aryl methyl sites for hydroxylation is 1. The van der Waals surface area contributed by atoms with E-state index < -0.39 is 5.97 Å². The number of aromatic nitrogens is 1. The molecule has 1 aromatic carbocycles. The maximum atomic E-state index is 13.4. The second-order valence-corrected chi connectivity index (χ2v) is 8.91. The van der Waals surface area contributed by atoms with Crippen molar-refractivity contribution in [1.29, 1.82) is 0 Å². The van der Waals surface area contributed by atoms with Gasteiger partial charge in [0.05, 0.1) is 37.4 Å². The topological polar surface area (TPSA) is 118 Å². The third-order valence-electron chi connectivity index (χ3n) is 6.41. The number of ketones is 1. The molecule has 1 unspecified atom stereocenters. The second-order valence-electron chi connectivity index (χ2n) is 8.91. The van der Waals surface area contributed by atoms with E-state index in [1.54, 1.807) is 6.92 Å². The van der Waals surface area contributed by atoms with Gasteiger partial charge in [-0.25, -0.2) is 4.79 Å². The normalized spacial score (nSPS) is 15.1. The number of anilines is 1. The molecule has 3 rings (SSSR count). The summed E-state index contributed by atoms with van der Waals surface area (Å²) in [7, 11) is 1.25. The number of hydrogen-bond donors (Lipinski definition) is 2. The Morgan fingerprint density at radius 3 is 2.54 bits per heavy atom. The summed E-state index contributed by atoms with van der Waals surface area (Å²) in [5.74, 6) is -1.58. The number of rotatable bonds is 9. The van der Waals surface area contributed by atoms with Crippen molar-refractivity contribution in [3.63, 3.8) is 0 Å². The molecule has 1 saturated heterocycles. The van der Waals surface area contributed by atoms with Gasteiger partial charge in [0.15, 0.2) is 5.78 Å². The molecule has 2 amide bonds. The van der Waals surface area contributed by atoms with Crippen molar-refractivity contribution in [3.8, 4) is 0 Å². The number of amides is 2. The zero-order valence-electron chi connectivity index (χ0n) is 20.9. The number of aromatic amines is 1. The second kappa shape index (κ2) is 11.3. The van der Waals surface area contributed by atoms with Gasteiger partial charge in [0.25, 0.3) is 0 Å². The zero-order valence-corrected chi connectivity index (χ0v) is 20.9. The standard InChI is InChI=1S/C26H33N3O6/c1-15-8-6-10-20(16(15)2)27-22(31)14-29(13-19-9-7-11-35-19)23(32)12-21-24(26(33)34-5)17(3)25(28-21)18(4)30/h6,8,10,19,28H,7,9,11-14H2,1-5H3,(H,27,31). The first-order chi connectivity index (χ1) is 16.6. The van der Waals surface area contributed by atoms with E-state index in [1.165, 1.54) is 18.9 Å². The highest BCUT2D eigenvalue weighted by molar-refractivity contribution is 6.01. The molecular formula is C26H33N3O6. The molecule has 1 atom stereocenters. The largest absolute Gasteiger partial charge is 0.465 e. The van der Waals surface area contributed by atoms with Gasteiger partial charge in [0, 0.05) is 31.5 Å². The Morgan fingerprint density at radius 1 is 1.17 bits per heavy atom. The van der Waals surface area contributed by atoms with Crippen molar-refractivity contribution in [2.24, 2.45) is 0 Å². The highest BCUT2D eigenvalue weighted by Crippen LogP contribution is 2.22. The van der Waals surface area contributed by atoms with Crippen LogP contribution in [0, 0.1) is 20.8 Å². The molecule has 1 aliphatic heterocycles. The molecule has 2 aromatic rings. The maximum absolute atomic E-state index is 13.4. The summed E-state index contributed by atoms with van der Waals surface area (Å²) >= 11 is 0. The lowest BCUT2D eigenvalue weighted by molar-refractivity contribution is -0.135. The lowest BCUT2D eigenvalue weighted by atomic mass is 10.1. The molecule has 2 heterocycles. The van der Waals surface area contributed by atoms with Crippen LogP contribution in [0.1, 0.15) is 63.0 Å². The van der Waals surface area contributed by atoms with Crippen molar-refractivity contribution in [2.75, 3.05) is 32.1 Å². The van der Waals surface area contributed by atoms with Crippen LogP contribution in [0.2, 0.25) is 0 Å². The van der Waals surface area contributed by atoms with Gasteiger partial charge < -0.3 is 24.7 Å². The number of esters is 1. The van der Waals surface area contributed by atoms with Gasteiger partial charge in [-0.3, -0.25) is 14.4 Å². The number of hydrogen-bond acceptors (Lipinski definition) is 6. The SMILES string of the molecule is COC(=O)c1c(CC(=O)N(CC(=O)Nc2cccc(C)c2C)CC2CCCO2)[nH]c(C(C)=O)c1C. The lowest BCUT2D eigenvalue weighted by Gasteiger charge is -2.25. The van der Waals surface area contributed by atoms with E-state index in [0.717, 1.165) is 24.0 Å². The fourth-order valence-corrected chi connectivity index (χ4v) is 4.32. The van der Waals surface area contributed by atoms with Crippen LogP contribution in [-0.2, 0) is 25.5 Å². The summed E-state index contributed by atoms with van der Waals surface area (Å²) in [5.41, 5.74) is 3.85. The fraction of sp³-hybridized carbons (Fsp3) is 0.462. The smallest absolute Gasteiger partial charge is 0.339 e. The lowest BCUT2D eigenvalue weighted by Crippen LogP contribution is -2.43. The monoisotopic (exact) mass is 483 g/mol. The van der Waals surface area contributed by atoms with Crippen molar-refractivity contribution in [1.82, 2.24) is 9.88 Å². The molecule has 1 aromatic heterocycles. The number of carbonyl (C=O) groups excluding carboxylic acids is 4. The van der Waals surface area contributed by atoms with E-state index in [1.807, 2.05) is 32.0 Å². The van der Waals surface area contributed by atoms with Crippen molar-refractivity contribution in [2.45, 2.75) is 53.1 Å². The molecular weight excluding hydrogens is 450 g/mol. The average molecular weight is 484 g/mol. The van der Waals surface area contributed by atoms with E-state index in [2.05, 4.69) is 10.3 Å². The number of ether oxygens (including phenoxy) is 2. The summed E-state index contributed by atoms with van der Waals surface area (Å²) in [6.45, 7) is 7.61. The molecule has 0 saturated carbocycles. The first-order valence-electron chi connectivity index (χ1n) is 11.7. The Labute approximate surface area is 205 Å². The van der Waals surface area contributed by atoms with Gasteiger partial charge in [-0.05, 0) is 56.4 Å². The summed E-state index contributed by atoms with van der Waals surface area (Å²) in [5, 5.41) is 2.89. The zero-order chi connectivity index (χ0) is 25.7. The third kappa shape index (κ3) is 6.16. The Kier molecular flexibility index (Phi) is 8.45. The minimum Gasteiger partial charge on any atom is -0.465 e. The highest BCUT2D eigenvalue weighted by atomic mass is 16.5. The van der Waals surface area contributed by atoms with Gasteiger partial charge in [0.2, 0.25) is 11.8 Å². The molecule has 9 heteroatoms. The van der Waals surface area contributed by atoms with Gasteiger partial charge in [-0.2, -0.15) is 0 Å². The summed E-state index contributed by atoms with van der Waals surface area (Å²) in [6, 6.07) is 5.65. The molecule has 1 aliphatic rings. The van der Waals surface area contributed by atoms with Crippen LogP contribution >= 0.6 is 0 Å². The molecule has 1 fully saturated rings. The molecule has 0 aliphatic carbocycles. The average Bonchev–Trinajstić information content (AvgIpc) is 3.43. The van der Waals surface area contributed by atoms with E-state index in [4.69, 9.17) is 9.47 Å². The Morgan fingerprint density at radius 2 is 1.91 bits per heavy atom. The van der Waals surface area contributed by atoms with Gasteiger partial charge in [-0.15, -0.1) is 0 Å². The Hall–Kier alpha value is -3.46. The summed E-state index contributed by atoms with van der Waals surface area (Å²) < 4.78 is 10.6. The Bertz CT molecular complexity index is 1130. The molecule has 0 bridgehead atoms. The molecule has 9 nitrogen and oxygen atoms in total.